The Bertz CT molecular complexity index is 1730. The van der Waals surface area contributed by atoms with Crippen molar-refractivity contribution in [3.05, 3.63) is 115 Å². The first-order chi connectivity index (χ1) is 24.2. The largest absolute Gasteiger partial charge is 0.494 e. The Hall–Kier alpha value is -3.57. The van der Waals surface area contributed by atoms with Crippen LogP contribution < -0.4 is 14.5 Å². The molecule has 0 aliphatic carbocycles. The van der Waals surface area contributed by atoms with Gasteiger partial charge < -0.3 is 24.5 Å². The lowest BCUT2D eigenvalue weighted by Gasteiger charge is -2.40. The van der Waals surface area contributed by atoms with Gasteiger partial charge >= 0.3 is 0 Å². The number of likely N-dealkylation sites (tertiary alicyclic amines) is 1. The predicted octanol–water partition coefficient (Wildman–Crippen LogP) is 6.55. The lowest BCUT2D eigenvalue weighted by Crippen LogP contribution is -2.58. The normalized spacial score (nSPS) is 25.6. The molecule has 3 fully saturated rings. The van der Waals surface area contributed by atoms with E-state index < -0.39 is 28.7 Å². The summed E-state index contributed by atoms with van der Waals surface area (Å²) in [6.45, 7) is 10.3. The third kappa shape index (κ3) is 6.51. The minimum absolute atomic E-state index is 0.128. The average Bonchev–Trinajstić information content (AvgIpc) is 3.72. The number of aliphatic hydroxyl groups is 1. The molecule has 50 heavy (non-hydrogen) atoms. The highest BCUT2D eigenvalue weighted by molar-refractivity contribution is 9.09. The third-order valence-electron chi connectivity index (χ3n) is 9.92. The molecular formula is C39H41BrClN3O5S. The number of anilines is 2. The van der Waals surface area contributed by atoms with Crippen molar-refractivity contribution in [2.45, 2.75) is 46.7 Å². The summed E-state index contributed by atoms with van der Waals surface area (Å²) in [5.41, 5.74) is 2.21. The van der Waals surface area contributed by atoms with Gasteiger partial charge in [0.15, 0.2) is 0 Å². The summed E-state index contributed by atoms with van der Waals surface area (Å²) in [7, 11) is 0. The number of carbonyl (C=O) groups excluding carboxylic acids is 3. The van der Waals surface area contributed by atoms with Gasteiger partial charge in [-0.15, -0.1) is 24.9 Å². The van der Waals surface area contributed by atoms with Crippen molar-refractivity contribution in [2.75, 3.05) is 36.1 Å². The number of fused-ring (bicyclic) bond motifs is 1. The summed E-state index contributed by atoms with van der Waals surface area (Å²) >= 11 is 11.7. The molecule has 6 rings (SSSR count). The standard InChI is InChI=1S/C39H41BrClN3O5S/c1-4-20-42(28-16-18-30(19-17-28)49-6-3)36(46)32-33-37(47)44(29(24-45)22-25-10-8-7-9-11-25)35(39(33)23-31(40)34(32)50-39)38(48)43(21-5-2)27-14-12-26(41)13-15-27/h4-5,7-19,29,31-35,45H,1-2,6,20-24H2,3H3/t29-,31?,32+,33+,34+,35?,39?/m1/s1. The van der Waals surface area contributed by atoms with Crippen LogP contribution in [0.25, 0.3) is 0 Å². The molecule has 0 aromatic heterocycles. The zero-order valence-electron chi connectivity index (χ0n) is 27.9. The molecule has 3 saturated heterocycles. The van der Waals surface area contributed by atoms with Crippen molar-refractivity contribution in [3.8, 4) is 5.75 Å². The number of benzene rings is 3. The Balaban J connectivity index is 1.45. The van der Waals surface area contributed by atoms with E-state index in [1.165, 1.54) is 0 Å². The van der Waals surface area contributed by atoms with Crippen molar-refractivity contribution >= 4 is 68.4 Å². The first kappa shape index (κ1) is 36.2. The quantitative estimate of drug-likeness (QED) is 0.148. The fraction of sp³-hybridized carbons (Fsp3) is 0.359. The van der Waals surface area contributed by atoms with Gasteiger partial charge in [0, 0.05) is 39.6 Å². The van der Waals surface area contributed by atoms with E-state index in [9.17, 15) is 9.90 Å². The van der Waals surface area contributed by atoms with Gasteiger partial charge in [0.05, 0.1) is 35.8 Å². The van der Waals surface area contributed by atoms with Crippen LogP contribution >= 0.6 is 39.3 Å². The molecule has 0 radical (unpaired) electrons. The van der Waals surface area contributed by atoms with Crippen LogP contribution in [0.4, 0.5) is 11.4 Å². The highest BCUT2D eigenvalue weighted by atomic mass is 79.9. The number of amides is 3. The van der Waals surface area contributed by atoms with E-state index in [1.54, 1.807) is 62.9 Å². The first-order valence-corrected chi connectivity index (χ1v) is 19.0. The number of rotatable bonds is 14. The molecule has 3 aliphatic rings. The molecule has 1 N–H and O–H groups in total. The van der Waals surface area contributed by atoms with Gasteiger partial charge in [0.25, 0.3) is 5.91 Å². The van der Waals surface area contributed by atoms with E-state index in [-0.39, 0.29) is 47.5 Å². The Morgan fingerprint density at radius 3 is 2.20 bits per heavy atom. The molecule has 1 spiro atoms. The Labute approximate surface area is 311 Å². The molecule has 3 heterocycles. The fourth-order valence-corrected chi connectivity index (χ4v) is 11.6. The van der Waals surface area contributed by atoms with Gasteiger partial charge in [-0.05, 0) is 73.9 Å². The maximum absolute atomic E-state index is 15.1. The van der Waals surface area contributed by atoms with Crippen molar-refractivity contribution in [1.82, 2.24) is 4.90 Å². The fourth-order valence-electron chi connectivity index (χ4n) is 7.90. The van der Waals surface area contributed by atoms with Crippen LogP contribution in [0, 0.1) is 11.8 Å². The maximum atomic E-state index is 15.1. The molecule has 2 bridgehead atoms. The van der Waals surface area contributed by atoms with Crippen LogP contribution in [0.5, 0.6) is 5.75 Å². The first-order valence-electron chi connectivity index (χ1n) is 16.8. The van der Waals surface area contributed by atoms with Crippen LogP contribution in [-0.2, 0) is 20.8 Å². The van der Waals surface area contributed by atoms with Gasteiger partial charge in [-0.25, -0.2) is 0 Å². The monoisotopic (exact) mass is 777 g/mol. The second kappa shape index (κ2) is 15.4. The molecule has 0 saturated carbocycles. The molecular weight excluding hydrogens is 738 g/mol. The molecule has 3 aliphatic heterocycles. The molecule has 262 valence electrons. The van der Waals surface area contributed by atoms with Gasteiger partial charge in [-0.2, -0.15) is 0 Å². The lowest BCUT2D eigenvalue weighted by atomic mass is 9.70. The van der Waals surface area contributed by atoms with Crippen LogP contribution in [-0.4, -0.2) is 80.9 Å². The third-order valence-corrected chi connectivity index (χ3v) is 13.4. The van der Waals surface area contributed by atoms with Crippen LogP contribution in [0.1, 0.15) is 18.9 Å². The van der Waals surface area contributed by atoms with E-state index in [4.69, 9.17) is 16.3 Å². The zero-order valence-corrected chi connectivity index (χ0v) is 31.0. The van der Waals surface area contributed by atoms with E-state index in [0.717, 1.165) is 5.56 Å². The van der Waals surface area contributed by atoms with E-state index in [2.05, 4.69) is 29.1 Å². The summed E-state index contributed by atoms with van der Waals surface area (Å²) < 4.78 is 4.70. The van der Waals surface area contributed by atoms with E-state index in [1.807, 2.05) is 61.5 Å². The number of alkyl halides is 1. The van der Waals surface area contributed by atoms with E-state index in [0.29, 0.717) is 41.6 Å². The smallest absolute Gasteiger partial charge is 0.251 e. The minimum atomic E-state index is -0.956. The van der Waals surface area contributed by atoms with Crippen LogP contribution in [0.3, 0.4) is 0 Å². The number of aliphatic hydroxyl groups excluding tert-OH is 1. The molecule has 3 amide bonds. The van der Waals surface area contributed by atoms with Gasteiger partial charge in [0.2, 0.25) is 11.8 Å². The number of halogens is 2. The van der Waals surface area contributed by atoms with Gasteiger partial charge in [-0.1, -0.05) is 70.0 Å². The van der Waals surface area contributed by atoms with Crippen molar-refractivity contribution < 1.29 is 24.2 Å². The summed E-state index contributed by atoms with van der Waals surface area (Å²) in [4.78, 5) is 49.8. The number of nitrogens with zero attached hydrogens (tertiary/aromatic N) is 3. The Morgan fingerprint density at radius 2 is 1.62 bits per heavy atom. The molecule has 7 atom stereocenters. The average molecular weight is 779 g/mol. The Morgan fingerprint density at radius 1 is 1.02 bits per heavy atom. The lowest BCUT2D eigenvalue weighted by molar-refractivity contribution is -0.141. The van der Waals surface area contributed by atoms with Crippen LogP contribution in [0.15, 0.2) is 104 Å². The summed E-state index contributed by atoms with van der Waals surface area (Å²) in [6.07, 6.45) is 4.18. The SMILES string of the molecule is C=CCN(C(=O)C1N([C@@H](CO)Cc2ccccc2)C(=O)[C@@H]2[C@H](C(=O)N(CC=C)c3ccc(OCC)cc3)[C@H]3SC12CC3Br)c1ccc(Cl)cc1. The Kier molecular flexibility index (Phi) is 11.1. The molecule has 3 aromatic rings. The summed E-state index contributed by atoms with van der Waals surface area (Å²) in [5, 5.41) is 11.2. The van der Waals surface area contributed by atoms with Crippen LogP contribution in [0.2, 0.25) is 5.02 Å². The van der Waals surface area contributed by atoms with E-state index >= 15 is 9.59 Å². The second-order valence-corrected chi connectivity index (χ2v) is 16.0. The number of ether oxygens (including phenoxy) is 1. The summed E-state index contributed by atoms with van der Waals surface area (Å²) in [6, 6.07) is 22.3. The predicted molar refractivity (Wildman–Crippen MR) is 204 cm³/mol. The van der Waals surface area contributed by atoms with Gasteiger partial charge in [-0.3, -0.25) is 14.4 Å². The molecule has 8 nitrogen and oxygen atoms in total. The minimum Gasteiger partial charge on any atom is -0.494 e. The number of thioether (sulfide) groups is 1. The second-order valence-electron chi connectivity index (χ2n) is 12.8. The molecule has 3 aromatic carbocycles. The van der Waals surface area contributed by atoms with Gasteiger partial charge in [0.1, 0.15) is 11.8 Å². The number of carbonyl (C=O) groups is 3. The molecule has 3 unspecified atom stereocenters. The number of hydrogen-bond acceptors (Lipinski definition) is 6. The maximum Gasteiger partial charge on any atom is 0.251 e. The topological polar surface area (TPSA) is 90.4 Å². The van der Waals surface area contributed by atoms with Crippen molar-refractivity contribution in [2.24, 2.45) is 11.8 Å². The van der Waals surface area contributed by atoms with Crippen molar-refractivity contribution in [1.29, 1.82) is 0 Å². The van der Waals surface area contributed by atoms with Crippen molar-refractivity contribution in [3.63, 3.8) is 0 Å². The zero-order chi connectivity index (χ0) is 35.6. The number of hydrogen-bond donors (Lipinski definition) is 1. The highest BCUT2D eigenvalue weighted by Crippen LogP contribution is 2.68. The molecule has 11 heteroatoms. The highest BCUT2D eigenvalue weighted by Gasteiger charge is 2.76. The summed E-state index contributed by atoms with van der Waals surface area (Å²) in [5.74, 6) is -1.59.